The quantitative estimate of drug-likeness (QED) is 0.252. The Kier molecular flexibility index (Phi) is 6.81. The monoisotopic (exact) mass is 550 g/mol. The Morgan fingerprint density at radius 3 is 2.73 bits per heavy atom. The smallest absolute Gasteiger partial charge is 0.224 e. The number of hydrogen-bond acceptors (Lipinski definition) is 8. The Morgan fingerprint density at radius 2 is 1.88 bits per heavy atom. The zero-order valence-electron chi connectivity index (χ0n) is 23.2. The van der Waals surface area contributed by atoms with E-state index >= 15 is 0 Å². The van der Waals surface area contributed by atoms with Crippen molar-refractivity contribution in [1.82, 2.24) is 40.3 Å². The number of carbonyl (C=O) groups is 1. The molecule has 7 rings (SSSR count). The molecular formula is C30H34N10O. The first-order valence-corrected chi connectivity index (χ1v) is 14.3. The molecule has 5 aromatic rings. The molecule has 0 bridgehead atoms. The largest absolute Gasteiger partial charge is 0.352 e. The summed E-state index contributed by atoms with van der Waals surface area (Å²) in [6.07, 6.45) is 7.98. The van der Waals surface area contributed by atoms with Gasteiger partial charge in [-0.25, -0.2) is 9.97 Å². The van der Waals surface area contributed by atoms with E-state index in [0.717, 1.165) is 96.7 Å². The van der Waals surface area contributed by atoms with Gasteiger partial charge in [0.1, 0.15) is 11.2 Å². The lowest BCUT2D eigenvalue weighted by Crippen LogP contribution is -2.44. The molecule has 2 aliphatic heterocycles. The van der Waals surface area contributed by atoms with Gasteiger partial charge in [0.15, 0.2) is 11.6 Å². The first kappa shape index (κ1) is 25.6. The van der Waals surface area contributed by atoms with Gasteiger partial charge >= 0.3 is 0 Å². The summed E-state index contributed by atoms with van der Waals surface area (Å²) in [5.74, 6) is 2.08. The summed E-state index contributed by atoms with van der Waals surface area (Å²) in [6, 6.07) is 10.1. The molecular weight excluding hydrogens is 516 g/mol. The van der Waals surface area contributed by atoms with Gasteiger partial charge in [0, 0.05) is 55.9 Å². The van der Waals surface area contributed by atoms with Crippen molar-refractivity contribution in [1.29, 1.82) is 0 Å². The maximum absolute atomic E-state index is 12.7. The Balaban J connectivity index is 1.16. The van der Waals surface area contributed by atoms with Crippen LogP contribution in [0, 0.1) is 5.92 Å². The maximum atomic E-state index is 12.7. The molecule has 11 nitrogen and oxygen atoms in total. The highest BCUT2D eigenvalue weighted by Crippen LogP contribution is 2.32. The van der Waals surface area contributed by atoms with Crippen molar-refractivity contribution in [3.63, 3.8) is 0 Å². The molecule has 2 saturated heterocycles. The van der Waals surface area contributed by atoms with Crippen LogP contribution in [0.4, 0.5) is 11.5 Å². The minimum atomic E-state index is 0.0405. The topological polar surface area (TPSA) is 131 Å². The fourth-order valence-corrected chi connectivity index (χ4v) is 5.88. The Bertz CT molecular complexity index is 1690. The second-order valence-corrected chi connectivity index (χ2v) is 11.1. The predicted molar refractivity (Wildman–Crippen MR) is 161 cm³/mol. The van der Waals surface area contributed by atoms with Crippen molar-refractivity contribution >= 4 is 39.3 Å². The van der Waals surface area contributed by atoms with Crippen LogP contribution in [0.3, 0.4) is 0 Å². The van der Waals surface area contributed by atoms with E-state index in [0.29, 0.717) is 23.9 Å². The van der Waals surface area contributed by atoms with E-state index in [1.165, 1.54) is 0 Å². The number of pyridine rings is 2. The van der Waals surface area contributed by atoms with Gasteiger partial charge in [-0.3, -0.25) is 14.9 Å². The molecule has 0 unspecified atom stereocenters. The number of nitrogens with zero attached hydrogens (tertiary/aromatic N) is 6. The summed E-state index contributed by atoms with van der Waals surface area (Å²) in [7, 11) is 2.15. The van der Waals surface area contributed by atoms with E-state index in [2.05, 4.69) is 58.7 Å². The summed E-state index contributed by atoms with van der Waals surface area (Å²) < 4.78 is 0. The van der Waals surface area contributed by atoms with Crippen LogP contribution in [-0.4, -0.2) is 87.3 Å². The highest BCUT2D eigenvalue weighted by Gasteiger charge is 2.21. The van der Waals surface area contributed by atoms with Crippen LogP contribution in [-0.2, 0) is 4.79 Å². The summed E-state index contributed by atoms with van der Waals surface area (Å²) in [4.78, 5) is 34.9. The predicted octanol–water partition coefficient (Wildman–Crippen LogP) is 3.64. The molecule has 6 heterocycles. The number of likely N-dealkylation sites (N-methyl/N-ethyl adjacent to an activating group) is 1. The first-order valence-electron chi connectivity index (χ1n) is 14.3. The Labute approximate surface area is 237 Å². The zero-order chi connectivity index (χ0) is 27.8. The van der Waals surface area contributed by atoms with E-state index in [1.807, 2.05) is 36.7 Å². The lowest BCUT2D eigenvalue weighted by molar-refractivity contribution is -0.117. The number of H-pyrrole nitrogens is 2. The minimum absolute atomic E-state index is 0.0405. The number of aromatic amines is 2. The molecule has 1 aromatic carbocycles. The molecule has 2 aliphatic rings. The van der Waals surface area contributed by atoms with E-state index in [-0.39, 0.29) is 5.91 Å². The van der Waals surface area contributed by atoms with Gasteiger partial charge in [-0.05, 0) is 68.7 Å². The third-order valence-corrected chi connectivity index (χ3v) is 8.26. The molecule has 11 heteroatoms. The van der Waals surface area contributed by atoms with Crippen molar-refractivity contribution < 1.29 is 4.79 Å². The fourth-order valence-electron chi connectivity index (χ4n) is 5.88. The number of aromatic nitrogens is 6. The number of hydrogen-bond donors (Lipinski definition) is 4. The molecule has 210 valence electrons. The van der Waals surface area contributed by atoms with E-state index < -0.39 is 0 Å². The van der Waals surface area contributed by atoms with E-state index in [4.69, 9.17) is 4.98 Å². The fraction of sp³-hybridized carbons (Fsp3) is 0.367. The van der Waals surface area contributed by atoms with Gasteiger partial charge in [0.05, 0.1) is 22.9 Å². The number of amides is 1. The standard InChI is InChI=1S/C30H34N10O/c1-39-10-12-40(13-11-39)30-28-25(6-9-33-30)35-29(36-28)27-23-16-20(2-3-24(23)37-38-27)21-15-22(18-32-17-21)34-26(41)14-19-4-7-31-8-5-19/h2-3,6,9,15-19,31H,4-5,7-8,10-14H2,1H3,(H,34,41)(H,35,36)(H,37,38). The summed E-state index contributed by atoms with van der Waals surface area (Å²) in [5.41, 5.74) is 6.07. The normalized spacial score (nSPS) is 17.0. The van der Waals surface area contributed by atoms with Gasteiger partial charge < -0.3 is 25.4 Å². The minimum Gasteiger partial charge on any atom is -0.352 e. The average Bonchev–Trinajstić information content (AvgIpc) is 3.62. The van der Waals surface area contributed by atoms with Crippen LogP contribution < -0.4 is 15.5 Å². The zero-order valence-corrected chi connectivity index (χ0v) is 23.2. The molecule has 41 heavy (non-hydrogen) atoms. The number of piperazine rings is 1. The first-order chi connectivity index (χ1) is 20.1. The van der Waals surface area contributed by atoms with Gasteiger partial charge in [-0.2, -0.15) is 5.10 Å². The summed E-state index contributed by atoms with van der Waals surface area (Å²) in [6.45, 7) is 5.81. The second-order valence-electron chi connectivity index (χ2n) is 11.1. The van der Waals surface area contributed by atoms with Crippen LogP contribution in [0.15, 0.2) is 48.9 Å². The number of imidazole rings is 1. The van der Waals surface area contributed by atoms with Crippen molar-refractivity contribution in [2.24, 2.45) is 5.92 Å². The molecule has 0 aliphatic carbocycles. The van der Waals surface area contributed by atoms with Crippen LogP contribution in [0.2, 0.25) is 0 Å². The Hall–Kier alpha value is -4.35. The molecule has 0 spiro atoms. The van der Waals surface area contributed by atoms with Crippen LogP contribution in [0.5, 0.6) is 0 Å². The number of fused-ring (bicyclic) bond motifs is 2. The number of nitrogens with one attached hydrogen (secondary N) is 4. The number of benzene rings is 1. The van der Waals surface area contributed by atoms with Crippen molar-refractivity contribution in [2.75, 3.05) is 56.5 Å². The van der Waals surface area contributed by atoms with Crippen LogP contribution in [0.1, 0.15) is 19.3 Å². The summed E-state index contributed by atoms with van der Waals surface area (Å²) >= 11 is 0. The molecule has 0 radical (unpaired) electrons. The lowest BCUT2D eigenvalue weighted by Gasteiger charge is -2.33. The molecule has 0 atom stereocenters. The second kappa shape index (κ2) is 10.9. The van der Waals surface area contributed by atoms with E-state index in [9.17, 15) is 4.79 Å². The van der Waals surface area contributed by atoms with Gasteiger partial charge in [0.25, 0.3) is 0 Å². The number of piperidine rings is 1. The van der Waals surface area contributed by atoms with Gasteiger partial charge in [0.2, 0.25) is 5.91 Å². The van der Waals surface area contributed by atoms with Gasteiger partial charge in [-0.15, -0.1) is 0 Å². The number of rotatable bonds is 6. The maximum Gasteiger partial charge on any atom is 0.224 e. The third-order valence-electron chi connectivity index (χ3n) is 8.26. The number of carbonyl (C=O) groups excluding carboxylic acids is 1. The van der Waals surface area contributed by atoms with E-state index in [1.54, 1.807) is 6.20 Å². The highest BCUT2D eigenvalue weighted by molar-refractivity contribution is 5.97. The van der Waals surface area contributed by atoms with Crippen molar-refractivity contribution in [3.8, 4) is 22.6 Å². The van der Waals surface area contributed by atoms with Crippen molar-refractivity contribution in [3.05, 3.63) is 48.9 Å². The SMILES string of the molecule is CN1CCN(c2nccc3[nH]c(-c4n[nH]c5ccc(-c6cncc(NC(=O)CC7CCNCC7)c6)cc45)nc23)CC1. The van der Waals surface area contributed by atoms with Crippen molar-refractivity contribution in [2.45, 2.75) is 19.3 Å². The molecule has 2 fully saturated rings. The summed E-state index contributed by atoms with van der Waals surface area (Å²) in [5, 5.41) is 15.1. The molecule has 4 N–H and O–H groups in total. The molecule has 4 aromatic heterocycles. The number of anilines is 2. The highest BCUT2D eigenvalue weighted by atomic mass is 16.1. The Morgan fingerprint density at radius 1 is 1.02 bits per heavy atom. The molecule has 0 saturated carbocycles. The van der Waals surface area contributed by atoms with Gasteiger partial charge in [-0.1, -0.05) is 6.07 Å². The third kappa shape index (κ3) is 5.25. The van der Waals surface area contributed by atoms with Crippen LogP contribution in [0.25, 0.3) is 44.6 Å². The lowest BCUT2D eigenvalue weighted by atomic mass is 9.94. The molecule has 1 amide bonds. The van der Waals surface area contributed by atoms with Crippen LogP contribution >= 0.6 is 0 Å². The average molecular weight is 551 g/mol.